The van der Waals surface area contributed by atoms with Crippen molar-refractivity contribution in [3.05, 3.63) is 0 Å². The van der Waals surface area contributed by atoms with Crippen molar-refractivity contribution in [3.63, 3.8) is 0 Å². The summed E-state index contributed by atoms with van der Waals surface area (Å²) >= 11 is 0. The molecule has 0 spiro atoms. The van der Waals surface area contributed by atoms with Crippen LogP contribution in [0.2, 0.25) is 0 Å². The van der Waals surface area contributed by atoms with Crippen molar-refractivity contribution in [2.75, 3.05) is 31.6 Å². The van der Waals surface area contributed by atoms with Crippen LogP contribution in [0.3, 0.4) is 0 Å². The minimum absolute atomic E-state index is 0.108. The minimum Gasteiger partial charge on any atom is -0.341 e. The molecule has 0 aromatic heterocycles. The lowest BCUT2D eigenvalue weighted by Crippen LogP contribution is -2.44. The number of carbonyl (C=O) groups is 1. The fourth-order valence-electron chi connectivity index (χ4n) is 1.89. The predicted molar refractivity (Wildman–Crippen MR) is 66.8 cm³/mol. The fraction of sp³-hybridized carbons (Fsp3) is 0.909. The molecule has 16 heavy (non-hydrogen) atoms. The third kappa shape index (κ3) is 4.61. The van der Waals surface area contributed by atoms with E-state index in [4.69, 9.17) is 0 Å². The Morgan fingerprint density at radius 2 is 2.06 bits per heavy atom. The molecule has 0 aromatic rings. The van der Waals surface area contributed by atoms with Gasteiger partial charge in [0, 0.05) is 35.9 Å². The summed E-state index contributed by atoms with van der Waals surface area (Å²) in [5.74, 6) is 0.910. The molecule has 1 aliphatic heterocycles. The summed E-state index contributed by atoms with van der Waals surface area (Å²) in [6.07, 6.45) is 4.83. The molecule has 5 heteroatoms. The Morgan fingerprint density at radius 1 is 1.44 bits per heavy atom. The molecule has 2 unspecified atom stereocenters. The van der Waals surface area contributed by atoms with Gasteiger partial charge in [0.15, 0.2) is 0 Å². The average Bonchev–Trinajstić information content (AvgIpc) is 2.76. The standard InChI is InChI=1S/C11H22N2O2S/c1-10(12-6-5-9-16(2)15)11(14)13-7-3-4-8-13/h10,12H,3-9H2,1-2H3. The molecule has 1 aliphatic rings. The summed E-state index contributed by atoms with van der Waals surface area (Å²) in [5.41, 5.74) is 0. The first-order valence-electron chi connectivity index (χ1n) is 5.93. The number of carbonyl (C=O) groups excluding carboxylic acids is 1. The van der Waals surface area contributed by atoms with Crippen molar-refractivity contribution in [3.8, 4) is 0 Å². The van der Waals surface area contributed by atoms with Crippen molar-refractivity contribution >= 4 is 16.7 Å². The number of rotatable bonds is 6. The number of nitrogens with zero attached hydrogens (tertiary/aromatic N) is 1. The van der Waals surface area contributed by atoms with Crippen LogP contribution in [-0.2, 0) is 15.6 Å². The summed E-state index contributed by atoms with van der Waals surface area (Å²) in [5, 5.41) is 3.19. The molecule has 4 nitrogen and oxygen atoms in total. The smallest absolute Gasteiger partial charge is 0.239 e. The maximum absolute atomic E-state index is 11.9. The second kappa shape index (κ2) is 7.01. The van der Waals surface area contributed by atoms with Crippen molar-refractivity contribution in [1.29, 1.82) is 0 Å². The van der Waals surface area contributed by atoms with E-state index in [1.54, 1.807) is 6.26 Å². The Kier molecular flexibility index (Phi) is 5.98. The molecule has 1 rings (SSSR count). The number of likely N-dealkylation sites (tertiary alicyclic amines) is 1. The molecule has 0 saturated carbocycles. The highest BCUT2D eigenvalue weighted by molar-refractivity contribution is 7.84. The van der Waals surface area contributed by atoms with Crippen molar-refractivity contribution in [1.82, 2.24) is 10.2 Å². The molecular weight excluding hydrogens is 224 g/mol. The minimum atomic E-state index is -0.728. The van der Waals surface area contributed by atoms with Crippen molar-refractivity contribution in [2.24, 2.45) is 0 Å². The lowest BCUT2D eigenvalue weighted by atomic mass is 10.3. The molecule has 2 atom stereocenters. The van der Waals surface area contributed by atoms with Gasteiger partial charge in [-0.2, -0.15) is 0 Å². The van der Waals surface area contributed by atoms with Gasteiger partial charge in [-0.15, -0.1) is 0 Å². The van der Waals surface area contributed by atoms with E-state index in [2.05, 4.69) is 5.32 Å². The number of nitrogens with one attached hydrogen (secondary N) is 1. The van der Waals surface area contributed by atoms with Gasteiger partial charge >= 0.3 is 0 Å². The quantitative estimate of drug-likeness (QED) is 0.688. The summed E-state index contributed by atoms with van der Waals surface area (Å²) in [4.78, 5) is 13.8. The van der Waals surface area contributed by atoms with Crippen LogP contribution in [0, 0.1) is 0 Å². The maximum atomic E-state index is 11.9. The van der Waals surface area contributed by atoms with E-state index >= 15 is 0 Å². The Bertz CT molecular complexity index is 252. The lowest BCUT2D eigenvalue weighted by molar-refractivity contribution is -0.131. The van der Waals surface area contributed by atoms with E-state index in [0.29, 0.717) is 5.75 Å². The molecule has 94 valence electrons. The van der Waals surface area contributed by atoms with Crippen LogP contribution in [0.5, 0.6) is 0 Å². The van der Waals surface area contributed by atoms with Crippen molar-refractivity contribution in [2.45, 2.75) is 32.2 Å². The first kappa shape index (κ1) is 13.6. The van der Waals surface area contributed by atoms with E-state index in [1.165, 1.54) is 0 Å². The molecule has 1 amide bonds. The van der Waals surface area contributed by atoms with Crippen LogP contribution < -0.4 is 5.32 Å². The summed E-state index contributed by atoms with van der Waals surface area (Å²) in [6.45, 7) is 4.48. The van der Waals surface area contributed by atoms with Crippen LogP contribution in [0.4, 0.5) is 0 Å². The molecule has 1 saturated heterocycles. The van der Waals surface area contributed by atoms with Gasteiger partial charge in [0.25, 0.3) is 0 Å². The van der Waals surface area contributed by atoms with Crippen LogP contribution >= 0.6 is 0 Å². The second-order valence-electron chi connectivity index (χ2n) is 4.34. The van der Waals surface area contributed by atoms with Crippen LogP contribution in [0.15, 0.2) is 0 Å². The predicted octanol–water partition coefficient (Wildman–Crippen LogP) is 0.356. The molecule has 0 aromatic carbocycles. The van der Waals surface area contributed by atoms with Crippen LogP contribution in [0.25, 0.3) is 0 Å². The van der Waals surface area contributed by atoms with Gasteiger partial charge in [-0.25, -0.2) is 0 Å². The van der Waals surface area contributed by atoms with E-state index in [9.17, 15) is 9.00 Å². The topological polar surface area (TPSA) is 49.4 Å². The van der Waals surface area contributed by atoms with Gasteiger partial charge < -0.3 is 10.2 Å². The Labute approximate surface area is 100 Å². The van der Waals surface area contributed by atoms with Gasteiger partial charge in [-0.3, -0.25) is 9.00 Å². The molecule has 1 heterocycles. The van der Waals surface area contributed by atoms with E-state index < -0.39 is 10.8 Å². The maximum Gasteiger partial charge on any atom is 0.239 e. The monoisotopic (exact) mass is 246 g/mol. The van der Waals surface area contributed by atoms with Gasteiger partial charge in [0.2, 0.25) is 5.91 Å². The Balaban J connectivity index is 2.15. The van der Waals surface area contributed by atoms with Crippen LogP contribution in [-0.4, -0.2) is 52.7 Å². The Hall–Kier alpha value is -0.420. The van der Waals surface area contributed by atoms with Gasteiger partial charge in [0.1, 0.15) is 0 Å². The van der Waals surface area contributed by atoms with E-state index in [-0.39, 0.29) is 11.9 Å². The molecule has 1 N–H and O–H groups in total. The third-order valence-electron chi connectivity index (χ3n) is 2.85. The Morgan fingerprint density at radius 3 is 2.62 bits per heavy atom. The zero-order valence-electron chi connectivity index (χ0n) is 10.2. The highest BCUT2D eigenvalue weighted by Crippen LogP contribution is 2.08. The number of amides is 1. The lowest BCUT2D eigenvalue weighted by Gasteiger charge is -2.21. The second-order valence-corrected chi connectivity index (χ2v) is 5.89. The van der Waals surface area contributed by atoms with Gasteiger partial charge in [0.05, 0.1) is 6.04 Å². The molecule has 1 fully saturated rings. The summed E-state index contributed by atoms with van der Waals surface area (Å²) < 4.78 is 10.8. The van der Waals surface area contributed by atoms with Crippen LogP contribution in [0.1, 0.15) is 26.2 Å². The van der Waals surface area contributed by atoms with Gasteiger partial charge in [-0.1, -0.05) is 0 Å². The normalized spacial score (nSPS) is 19.8. The first-order chi connectivity index (χ1) is 7.61. The van der Waals surface area contributed by atoms with E-state index in [0.717, 1.165) is 38.9 Å². The van der Waals surface area contributed by atoms with Gasteiger partial charge in [-0.05, 0) is 32.7 Å². The summed E-state index contributed by atoms with van der Waals surface area (Å²) in [7, 11) is -0.728. The third-order valence-corrected chi connectivity index (χ3v) is 3.71. The van der Waals surface area contributed by atoms with Crippen molar-refractivity contribution < 1.29 is 9.00 Å². The molecule has 0 radical (unpaired) electrons. The largest absolute Gasteiger partial charge is 0.341 e. The zero-order valence-corrected chi connectivity index (χ0v) is 11.0. The zero-order chi connectivity index (χ0) is 12.0. The SMILES string of the molecule is CC(NCCCS(C)=O)C(=O)N1CCCC1. The molecule has 0 aliphatic carbocycles. The highest BCUT2D eigenvalue weighted by Gasteiger charge is 2.22. The summed E-state index contributed by atoms with van der Waals surface area (Å²) in [6, 6.07) is -0.108. The average molecular weight is 246 g/mol. The first-order valence-corrected chi connectivity index (χ1v) is 7.66. The van der Waals surface area contributed by atoms with E-state index in [1.807, 2.05) is 11.8 Å². The molecular formula is C11H22N2O2S. The number of hydrogen-bond donors (Lipinski definition) is 1. The fourth-order valence-corrected chi connectivity index (χ4v) is 2.44. The molecule has 0 bridgehead atoms. The highest BCUT2D eigenvalue weighted by atomic mass is 32.2. The number of hydrogen-bond acceptors (Lipinski definition) is 3.